The minimum Gasteiger partial charge on any atom is -0.489 e. The SMILES string of the molecule is Brc1ccc2c(c1)[C@H]1CCCC[C@@H]1O2. The molecule has 0 unspecified atom stereocenters. The van der Waals surface area contributed by atoms with Gasteiger partial charge in [-0.3, -0.25) is 0 Å². The second kappa shape index (κ2) is 3.27. The van der Waals surface area contributed by atoms with Crippen LogP contribution in [0.5, 0.6) is 5.75 Å². The van der Waals surface area contributed by atoms with E-state index in [9.17, 15) is 0 Å². The maximum Gasteiger partial charge on any atom is 0.123 e. The van der Waals surface area contributed by atoms with Gasteiger partial charge < -0.3 is 4.74 Å². The van der Waals surface area contributed by atoms with E-state index >= 15 is 0 Å². The Kier molecular flexibility index (Phi) is 2.05. The molecule has 0 bridgehead atoms. The van der Waals surface area contributed by atoms with Crippen molar-refractivity contribution in [2.75, 3.05) is 0 Å². The Morgan fingerprint density at radius 3 is 3.00 bits per heavy atom. The van der Waals surface area contributed by atoms with E-state index in [2.05, 4.69) is 34.1 Å². The van der Waals surface area contributed by atoms with Gasteiger partial charge >= 0.3 is 0 Å². The minimum absolute atomic E-state index is 0.466. The summed E-state index contributed by atoms with van der Waals surface area (Å²) in [4.78, 5) is 0. The van der Waals surface area contributed by atoms with Crippen LogP contribution in [0.1, 0.15) is 37.2 Å². The molecule has 2 atom stereocenters. The standard InChI is InChI=1S/C12H13BrO/c13-8-5-6-12-10(7-8)9-3-1-2-4-11(9)14-12/h5-7,9,11H,1-4H2/t9-,11+/m1/s1. The first-order valence-corrected chi connectivity index (χ1v) is 6.10. The molecule has 1 aliphatic heterocycles. The summed E-state index contributed by atoms with van der Waals surface area (Å²) in [5.74, 6) is 1.78. The van der Waals surface area contributed by atoms with Crippen LogP contribution in [0.2, 0.25) is 0 Å². The molecule has 1 heterocycles. The molecule has 0 saturated heterocycles. The van der Waals surface area contributed by atoms with Crippen molar-refractivity contribution in [2.45, 2.75) is 37.7 Å². The number of fused-ring (bicyclic) bond motifs is 3. The summed E-state index contributed by atoms with van der Waals surface area (Å²) in [5.41, 5.74) is 1.42. The molecule has 0 radical (unpaired) electrons. The summed E-state index contributed by atoms with van der Waals surface area (Å²) in [7, 11) is 0. The summed E-state index contributed by atoms with van der Waals surface area (Å²) in [6, 6.07) is 6.39. The van der Waals surface area contributed by atoms with Gasteiger partial charge in [0.1, 0.15) is 11.9 Å². The zero-order chi connectivity index (χ0) is 9.54. The Labute approximate surface area is 92.6 Å². The van der Waals surface area contributed by atoms with Gasteiger partial charge in [0.2, 0.25) is 0 Å². The highest BCUT2D eigenvalue weighted by Gasteiger charge is 2.35. The van der Waals surface area contributed by atoms with Crippen LogP contribution in [0.15, 0.2) is 22.7 Å². The highest BCUT2D eigenvalue weighted by Crippen LogP contribution is 2.46. The van der Waals surface area contributed by atoms with Gasteiger partial charge in [0.15, 0.2) is 0 Å². The predicted octanol–water partition coefficient (Wildman–Crippen LogP) is 3.87. The van der Waals surface area contributed by atoms with E-state index in [0.29, 0.717) is 12.0 Å². The van der Waals surface area contributed by atoms with Crippen LogP contribution in [0.25, 0.3) is 0 Å². The summed E-state index contributed by atoms with van der Waals surface area (Å²) >= 11 is 3.53. The van der Waals surface area contributed by atoms with Crippen molar-refractivity contribution in [3.63, 3.8) is 0 Å². The topological polar surface area (TPSA) is 9.23 Å². The van der Waals surface area contributed by atoms with E-state index in [-0.39, 0.29) is 0 Å². The molecule has 2 heteroatoms. The molecule has 14 heavy (non-hydrogen) atoms. The lowest BCUT2D eigenvalue weighted by Crippen LogP contribution is -2.22. The van der Waals surface area contributed by atoms with Gasteiger partial charge in [0, 0.05) is 16.0 Å². The average molecular weight is 253 g/mol. The van der Waals surface area contributed by atoms with Gasteiger partial charge in [0.05, 0.1) is 0 Å². The monoisotopic (exact) mass is 252 g/mol. The van der Waals surface area contributed by atoms with E-state index in [1.54, 1.807) is 0 Å². The fraction of sp³-hybridized carbons (Fsp3) is 0.500. The maximum atomic E-state index is 5.94. The zero-order valence-corrected chi connectivity index (χ0v) is 9.59. The molecule has 0 amide bonds. The molecule has 1 nitrogen and oxygen atoms in total. The highest BCUT2D eigenvalue weighted by molar-refractivity contribution is 9.10. The second-order valence-electron chi connectivity index (χ2n) is 4.23. The number of hydrogen-bond donors (Lipinski definition) is 0. The molecular formula is C12H13BrO. The molecule has 1 aromatic rings. The molecule has 2 aliphatic rings. The number of halogens is 1. The number of hydrogen-bond acceptors (Lipinski definition) is 1. The Balaban J connectivity index is 2.02. The molecule has 0 spiro atoms. The fourth-order valence-electron chi connectivity index (χ4n) is 2.67. The molecular weight excluding hydrogens is 240 g/mol. The quantitative estimate of drug-likeness (QED) is 0.682. The van der Waals surface area contributed by atoms with Crippen LogP contribution in [-0.2, 0) is 0 Å². The molecule has 1 saturated carbocycles. The van der Waals surface area contributed by atoms with Crippen LogP contribution in [0.4, 0.5) is 0 Å². The normalized spacial score (nSPS) is 29.2. The van der Waals surface area contributed by atoms with Crippen LogP contribution in [-0.4, -0.2) is 6.10 Å². The van der Waals surface area contributed by atoms with Gasteiger partial charge in [-0.2, -0.15) is 0 Å². The number of rotatable bonds is 0. The molecule has 0 N–H and O–H groups in total. The van der Waals surface area contributed by atoms with Gasteiger partial charge in [-0.15, -0.1) is 0 Å². The lowest BCUT2D eigenvalue weighted by atomic mass is 9.83. The van der Waals surface area contributed by atoms with E-state index in [1.807, 2.05) is 0 Å². The van der Waals surface area contributed by atoms with E-state index < -0.39 is 0 Å². The van der Waals surface area contributed by atoms with Crippen molar-refractivity contribution >= 4 is 15.9 Å². The third-order valence-corrected chi connectivity index (χ3v) is 3.85. The summed E-state index contributed by atoms with van der Waals surface area (Å²) in [6.45, 7) is 0. The Morgan fingerprint density at radius 1 is 1.21 bits per heavy atom. The first kappa shape index (κ1) is 8.78. The van der Waals surface area contributed by atoms with Crippen molar-refractivity contribution in [2.24, 2.45) is 0 Å². The average Bonchev–Trinajstić information content (AvgIpc) is 2.56. The van der Waals surface area contributed by atoms with Crippen LogP contribution in [0.3, 0.4) is 0 Å². The molecule has 0 aromatic heterocycles. The third kappa shape index (κ3) is 1.28. The molecule has 1 aliphatic carbocycles. The Hall–Kier alpha value is -0.500. The number of benzene rings is 1. The van der Waals surface area contributed by atoms with Crippen molar-refractivity contribution in [1.82, 2.24) is 0 Å². The first-order valence-electron chi connectivity index (χ1n) is 5.31. The van der Waals surface area contributed by atoms with Gasteiger partial charge in [-0.1, -0.05) is 22.4 Å². The second-order valence-corrected chi connectivity index (χ2v) is 5.15. The summed E-state index contributed by atoms with van der Waals surface area (Å²) in [6.07, 6.45) is 5.69. The van der Waals surface area contributed by atoms with Gasteiger partial charge in [-0.25, -0.2) is 0 Å². The number of ether oxygens (including phenoxy) is 1. The summed E-state index contributed by atoms with van der Waals surface area (Å²) < 4.78 is 7.12. The lowest BCUT2D eigenvalue weighted by Gasteiger charge is -2.23. The molecule has 3 rings (SSSR count). The Bertz CT molecular complexity index is 361. The smallest absolute Gasteiger partial charge is 0.123 e. The van der Waals surface area contributed by atoms with E-state index in [0.717, 1.165) is 5.75 Å². The van der Waals surface area contributed by atoms with E-state index in [1.165, 1.54) is 35.7 Å². The van der Waals surface area contributed by atoms with Gasteiger partial charge in [0.25, 0.3) is 0 Å². The van der Waals surface area contributed by atoms with Crippen molar-refractivity contribution in [1.29, 1.82) is 0 Å². The third-order valence-electron chi connectivity index (χ3n) is 3.35. The van der Waals surface area contributed by atoms with Gasteiger partial charge in [-0.05, 0) is 37.5 Å². The highest BCUT2D eigenvalue weighted by atomic mass is 79.9. The zero-order valence-electron chi connectivity index (χ0n) is 8.00. The van der Waals surface area contributed by atoms with E-state index in [4.69, 9.17) is 4.74 Å². The van der Waals surface area contributed by atoms with Crippen molar-refractivity contribution in [3.05, 3.63) is 28.2 Å². The first-order chi connectivity index (χ1) is 6.84. The Morgan fingerprint density at radius 2 is 2.07 bits per heavy atom. The van der Waals surface area contributed by atoms with Crippen LogP contribution >= 0.6 is 15.9 Å². The molecule has 74 valence electrons. The van der Waals surface area contributed by atoms with Crippen LogP contribution in [0, 0.1) is 0 Å². The molecule has 1 fully saturated rings. The maximum absolute atomic E-state index is 5.94. The lowest BCUT2D eigenvalue weighted by molar-refractivity contribution is 0.164. The van der Waals surface area contributed by atoms with Crippen molar-refractivity contribution in [3.8, 4) is 5.75 Å². The van der Waals surface area contributed by atoms with Crippen LogP contribution < -0.4 is 4.74 Å². The minimum atomic E-state index is 0.466. The molecule has 1 aromatic carbocycles. The predicted molar refractivity (Wildman–Crippen MR) is 59.8 cm³/mol. The largest absolute Gasteiger partial charge is 0.489 e. The van der Waals surface area contributed by atoms with Crippen molar-refractivity contribution < 1.29 is 4.74 Å². The fourth-order valence-corrected chi connectivity index (χ4v) is 3.05. The summed E-state index contributed by atoms with van der Waals surface area (Å²) in [5, 5.41) is 0.